The largest absolute Gasteiger partial charge is 0.383 e. The van der Waals surface area contributed by atoms with Gasteiger partial charge in [0.05, 0.1) is 6.61 Å². The molecule has 2 unspecified atom stereocenters. The van der Waals surface area contributed by atoms with E-state index in [4.69, 9.17) is 10.5 Å². The minimum atomic E-state index is -0.554. The lowest BCUT2D eigenvalue weighted by Gasteiger charge is -2.23. The third-order valence-corrected chi connectivity index (χ3v) is 3.10. The van der Waals surface area contributed by atoms with Crippen LogP contribution in [0.4, 0.5) is 0 Å². The highest BCUT2D eigenvalue weighted by atomic mass is 35.5. The zero-order chi connectivity index (χ0) is 12.0. The van der Waals surface area contributed by atoms with Crippen molar-refractivity contribution in [3.8, 4) is 0 Å². The molecule has 0 radical (unpaired) electrons. The van der Waals surface area contributed by atoms with Crippen molar-refractivity contribution >= 4 is 30.7 Å². The molecular formula is C11H25Cl2N3O2. The normalized spacial score (nSPS) is 20.7. The number of nitrogens with zero attached hydrogens (tertiary/aromatic N) is 1. The van der Waals surface area contributed by atoms with Gasteiger partial charge in [-0.25, -0.2) is 0 Å². The van der Waals surface area contributed by atoms with Crippen molar-refractivity contribution in [1.29, 1.82) is 0 Å². The van der Waals surface area contributed by atoms with E-state index in [9.17, 15) is 4.79 Å². The molecule has 1 aliphatic rings. The molecule has 110 valence electrons. The average Bonchev–Trinajstić information content (AvgIpc) is 2.73. The van der Waals surface area contributed by atoms with E-state index in [1.165, 1.54) is 6.42 Å². The van der Waals surface area contributed by atoms with Crippen molar-refractivity contribution in [1.82, 2.24) is 10.2 Å². The van der Waals surface area contributed by atoms with E-state index in [1.54, 1.807) is 7.11 Å². The molecule has 5 nitrogen and oxygen atoms in total. The molecule has 1 saturated heterocycles. The lowest BCUT2D eigenvalue weighted by atomic mass is 10.2. The van der Waals surface area contributed by atoms with E-state index in [2.05, 4.69) is 17.1 Å². The van der Waals surface area contributed by atoms with Crippen LogP contribution in [0.1, 0.15) is 19.8 Å². The summed E-state index contributed by atoms with van der Waals surface area (Å²) in [5.74, 6) is -0.121. The minimum Gasteiger partial charge on any atom is -0.383 e. The van der Waals surface area contributed by atoms with E-state index in [1.807, 2.05) is 0 Å². The Labute approximate surface area is 122 Å². The highest BCUT2D eigenvalue weighted by Crippen LogP contribution is 2.15. The van der Waals surface area contributed by atoms with E-state index in [0.717, 1.165) is 19.5 Å². The van der Waals surface area contributed by atoms with Crippen LogP contribution in [0.2, 0.25) is 0 Å². The molecular weight excluding hydrogens is 277 g/mol. The van der Waals surface area contributed by atoms with Gasteiger partial charge < -0.3 is 15.8 Å². The van der Waals surface area contributed by atoms with Crippen LogP contribution < -0.4 is 11.1 Å². The number of amides is 1. The Balaban J connectivity index is 0. The summed E-state index contributed by atoms with van der Waals surface area (Å²) >= 11 is 0. The lowest BCUT2D eigenvalue weighted by Crippen LogP contribution is -2.47. The van der Waals surface area contributed by atoms with Crippen molar-refractivity contribution in [2.75, 3.05) is 33.4 Å². The molecule has 0 spiro atoms. The maximum Gasteiger partial charge on any atom is 0.239 e. The Hall–Kier alpha value is -0.0700. The molecule has 1 aliphatic heterocycles. The Morgan fingerprint density at radius 3 is 2.78 bits per heavy atom. The quantitative estimate of drug-likeness (QED) is 0.745. The molecule has 0 bridgehead atoms. The minimum absolute atomic E-state index is 0. The number of halogens is 2. The van der Waals surface area contributed by atoms with Crippen LogP contribution in [-0.4, -0.2) is 56.2 Å². The van der Waals surface area contributed by atoms with E-state index >= 15 is 0 Å². The van der Waals surface area contributed by atoms with Crippen LogP contribution in [0.25, 0.3) is 0 Å². The van der Waals surface area contributed by atoms with E-state index < -0.39 is 6.04 Å². The van der Waals surface area contributed by atoms with Gasteiger partial charge in [-0.05, 0) is 25.9 Å². The van der Waals surface area contributed by atoms with Crippen LogP contribution in [0.15, 0.2) is 0 Å². The molecule has 1 rings (SSSR count). The molecule has 0 aromatic heterocycles. The second-order valence-electron chi connectivity index (χ2n) is 4.23. The molecule has 18 heavy (non-hydrogen) atoms. The fourth-order valence-corrected chi connectivity index (χ4v) is 2.15. The summed E-state index contributed by atoms with van der Waals surface area (Å²) in [6, 6.07) is -0.0785. The highest BCUT2D eigenvalue weighted by molar-refractivity contribution is 5.85. The fraction of sp³-hybridized carbons (Fsp3) is 0.909. The van der Waals surface area contributed by atoms with E-state index in [-0.39, 0.29) is 37.3 Å². The van der Waals surface area contributed by atoms with Crippen LogP contribution in [0, 0.1) is 0 Å². The molecule has 2 atom stereocenters. The first kappa shape index (κ1) is 20.3. The highest BCUT2D eigenvalue weighted by Gasteiger charge is 2.24. The third kappa shape index (κ3) is 6.20. The fourth-order valence-electron chi connectivity index (χ4n) is 2.15. The van der Waals surface area contributed by atoms with Crippen LogP contribution in [0.3, 0.4) is 0 Å². The van der Waals surface area contributed by atoms with Gasteiger partial charge in [-0.3, -0.25) is 9.69 Å². The first-order valence-corrected chi connectivity index (χ1v) is 5.95. The Morgan fingerprint density at radius 1 is 1.56 bits per heavy atom. The lowest BCUT2D eigenvalue weighted by molar-refractivity contribution is -0.123. The number of carbonyl (C=O) groups is 1. The van der Waals surface area contributed by atoms with Gasteiger partial charge in [0.15, 0.2) is 0 Å². The van der Waals surface area contributed by atoms with Gasteiger partial charge in [0.2, 0.25) is 5.91 Å². The smallest absolute Gasteiger partial charge is 0.239 e. The zero-order valence-electron chi connectivity index (χ0n) is 11.1. The summed E-state index contributed by atoms with van der Waals surface area (Å²) < 4.78 is 4.84. The molecule has 0 aromatic carbocycles. The van der Waals surface area contributed by atoms with Crippen molar-refractivity contribution < 1.29 is 9.53 Å². The topological polar surface area (TPSA) is 67.6 Å². The zero-order valence-corrected chi connectivity index (χ0v) is 12.7. The average molecular weight is 302 g/mol. The molecule has 1 heterocycles. The van der Waals surface area contributed by atoms with Crippen molar-refractivity contribution in [2.24, 2.45) is 5.73 Å². The predicted octanol–water partition coefficient (Wildman–Crippen LogP) is 0.404. The second kappa shape index (κ2) is 10.8. The summed E-state index contributed by atoms with van der Waals surface area (Å²) in [5, 5.41) is 2.89. The molecule has 1 fully saturated rings. The number of methoxy groups -OCH3 is 1. The second-order valence-corrected chi connectivity index (χ2v) is 4.23. The van der Waals surface area contributed by atoms with Crippen molar-refractivity contribution in [3.05, 3.63) is 0 Å². The van der Waals surface area contributed by atoms with Gasteiger partial charge in [-0.15, -0.1) is 24.8 Å². The van der Waals surface area contributed by atoms with Crippen molar-refractivity contribution in [3.63, 3.8) is 0 Å². The molecule has 0 aliphatic carbocycles. The van der Waals surface area contributed by atoms with Gasteiger partial charge in [-0.1, -0.05) is 6.92 Å². The van der Waals surface area contributed by atoms with E-state index in [0.29, 0.717) is 12.6 Å². The number of likely N-dealkylation sites (N-methyl/N-ethyl adjacent to an activating group) is 1. The molecule has 7 heteroatoms. The Kier molecular flexibility index (Phi) is 12.2. The molecule has 0 saturated carbocycles. The molecule has 0 aromatic rings. The van der Waals surface area contributed by atoms with Crippen molar-refractivity contribution in [2.45, 2.75) is 31.8 Å². The number of hydrogen-bond acceptors (Lipinski definition) is 4. The predicted molar refractivity (Wildman–Crippen MR) is 77.6 cm³/mol. The van der Waals surface area contributed by atoms with Gasteiger partial charge >= 0.3 is 0 Å². The number of nitrogens with one attached hydrogen (secondary N) is 1. The maximum absolute atomic E-state index is 11.6. The van der Waals surface area contributed by atoms with Gasteiger partial charge in [0.1, 0.15) is 6.04 Å². The summed E-state index contributed by atoms with van der Waals surface area (Å²) in [5.41, 5.74) is 5.63. The standard InChI is InChI=1S/C11H23N3O2.2ClH/c1-3-14-6-4-5-9(14)7-13-11(15)10(12)8-16-2;;/h9-10H,3-8,12H2,1-2H3,(H,13,15);2*1H. The van der Waals surface area contributed by atoms with Crippen LogP contribution >= 0.6 is 24.8 Å². The molecule has 3 N–H and O–H groups in total. The summed E-state index contributed by atoms with van der Waals surface area (Å²) in [7, 11) is 1.54. The van der Waals surface area contributed by atoms with Gasteiger partial charge in [0.25, 0.3) is 0 Å². The Morgan fingerprint density at radius 2 is 2.22 bits per heavy atom. The van der Waals surface area contributed by atoms with Crippen LogP contribution in [0.5, 0.6) is 0 Å². The first-order chi connectivity index (χ1) is 7.69. The number of ether oxygens (including phenoxy) is 1. The monoisotopic (exact) mass is 301 g/mol. The molecule has 1 amide bonds. The Bertz CT molecular complexity index is 232. The van der Waals surface area contributed by atoms with Gasteiger partial charge in [0, 0.05) is 19.7 Å². The summed E-state index contributed by atoms with van der Waals surface area (Å²) in [4.78, 5) is 13.9. The summed E-state index contributed by atoms with van der Waals surface area (Å²) in [6.45, 7) is 5.31. The maximum atomic E-state index is 11.6. The number of hydrogen-bond donors (Lipinski definition) is 2. The van der Waals surface area contributed by atoms with Crippen LogP contribution in [-0.2, 0) is 9.53 Å². The number of rotatable bonds is 6. The summed E-state index contributed by atoms with van der Waals surface area (Å²) in [6.07, 6.45) is 2.38. The first-order valence-electron chi connectivity index (χ1n) is 5.95. The number of carbonyl (C=O) groups excluding carboxylic acids is 1. The number of likely N-dealkylation sites (tertiary alicyclic amines) is 1. The van der Waals surface area contributed by atoms with Gasteiger partial charge in [-0.2, -0.15) is 0 Å². The SMILES string of the molecule is CCN1CCCC1CNC(=O)C(N)COC.Cl.Cl. The number of nitrogens with two attached hydrogens (primary N) is 1. The third-order valence-electron chi connectivity index (χ3n) is 3.10.